The summed E-state index contributed by atoms with van der Waals surface area (Å²) in [5, 5.41) is 12.8. The van der Waals surface area contributed by atoms with E-state index in [0.717, 1.165) is 5.75 Å². The van der Waals surface area contributed by atoms with Crippen LogP contribution in [0, 0.1) is 17.2 Å². The van der Waals surface area contributed by atoms with Gasteiger partial charge in [-0.15, -0.1) is 11.8 Å². The highest BCUT2D eigenvalue weighted by atomic mass is 32.2. The van der Waals surface area contributed by atoms with Gasteiger partial charge in [0.2, 0.25) is 0 Å². The minimum Gasteiger partial charge on any atom is -0.302 e. The normalized spacial score (nSPS) is 20.6. The average Bonchev–Trinajstić information content (AvgIpc) is 3.19. The number of hydrogen-bond donors (Lipinski definition) is 1. The Labute approximate surface area is 119 Å². The average molecular weight is 272 g/mol. The molecular weight excluding hydrogens is 252 g/mol. The van der Waals surface area contributed by atoms with Gasteiger partial charge in [0.15, 0.2) is 0 Å². The van der Waals surface area contributed by atoms with Crippen molar-refractivity contribution in [2.75, 3.05) is 12.8 Å². The Morgan fingerprint density at radius 1 is 1.37 bits per heavy atom. The van der Waals surface area contributed by atoms with E-state index >= 15 is 0 Å². The second-order valence-corrected chi connectivity index (χ2v) is 6.73. The van der Waals surface area contributed by atoms with Gasteiger partial charge < -0.3 is 5.32 Å². The number of nitrogens with one attached hydrogen (secondary N) is 1. The first-order chi connectivity index (χ1) is 9.27. The Bertz CT molecular complexity index is 516. The topological polar surface area (TPSA) is 35.8 Å². The van der Waals surface area contributed by atoms with Crippen LogP contribution in [0.25, 0.3) is 0 Å². The number of hydrogen-bond acceptors (Lipinski definition) is 3. The number of rotatable bonds is 5. The van der Waals surface area contributed by atoms with E-state index in [2.05, 4.69) is 29.6 Å². The maximum Gasteiger partial charge on any atom is 0.118 e. The van der Waals surface area contributed by atoms with Gasteiger partial charge >= 0.3 is 0 Å². The van der Waals surface area contributed by atoms with Gasteiger partial charge in [-0.2, -0.15) is 5.26 Å². The number of nitriles is 1. The summed E-state index contributed by atoms with van der Waals surface area (Å²) in [6.45, 7) is 0. The van der Waals surface area contributed by atoms with Gasteiger partial charge in [0.05, 0.1) is 6.07 Å². The molecule has 1 unspecified atom stereocenters. The molecule has 100 valence electrons. The molecule has 0 saturated heterocycles. The highest BCUT2D eigenvalue weighted by molar-refractivity contribution is 7.99. The molecule has 1 aromatic rings. The predicted molar refractivity (Wildman–Crippen MR) is 79.3 cm³/mol. The van der Waals surface area contributed by atoms with Crippen LogP contribution < -0.4 is 5.32 Å². The van der Waals surface area contributed by atoms with E-state index in [-0.39, 0.29) is 5.54 Å². The summed E-state index contributed by atoms with van der Waals surface area (Å²) in [7, 11) is 1.92. The number of thioether (sulfide) groups is 1. The van der Waals surface area contributed by atoms with Crippen LogP contribution in [-0.4, -0.2) is 18.3 Å². The van der Waals surface area contributed by atoms with Gasteiger partial charge in [0, 0.05) is 10.6 Å². The number of aryl methyl sites for hydroxylation is 2. The minimum absolute atomic E-state index is 0.330. The molecule has 0 heterocycles. The second kappa shape index (κ2) is 5.19. The molecule has 0 bridgehead atoms. The van der Waals surface area contributed by atoms with Gasteiger partial charge in [-0.1, -0.05) is 6.07 Å². The Morgan fingerprint density at radius 3 is 2.84 bits per heavy atom. The van der Waals surface area contributed by atoms with E-state index in [1.165, 1.54) is 48.1 Å². The van der Waals surface area contributed by atoms with E-state index in [1.807, 2.05) is 18.8 Å². The molecule has 1 N–H and O–H groups in total. The second-order valence-electron chi connectivity index (χ2n) is 5.68. The Morgan fingerprint density at radius 2 is 2.16 bits per heavy atom. The minimum atomic E-state index is -0.330. The molecule has 1 aromatic carbocycles. The SMILES string of the molecule is CNC(C#N)(CSc1ccc2c(c1)CCC2)C1CC1. The standard InChI is InChI=1S/C16H20N2S/c1-18-16(10-17,14-6-7-14)11-19-15-8-5-12-3-2-4-13(12)9-15/h5,8-9,14,18H,2-4,6-7,11H2,1H3. The monoisotopic (exact) mass is 272 g/mol. The fraction of sp³-hybridized carbons (Fsp3) is 0.562. The third kappa shape index (κ3) is 2.52. The maximum atomic E-state index is 9.49. The lowest BCUT2D eigenvalue weighted by molar-refractivity contribution is 0.441. The summed E-state index contributed by atoms with van der Waals surface area (Å²) in [6, 6.07) is 9.34. The Kier molecular flexibility index (Phi) is 3.56. The highest BCUT2D eigenvalue weighted by Crippen LogP contribution is 2.42. The summed E-state index contributed by atoms with van der Waals surface area (Å²) < 4.78 is 0. The van der Waals surface area contributed by atoms with Gasteiger partial charge in [0.25, 0.3) is 0 Å². The first-order valence-corrected chi connectivity index (χ1v) is 8.11. The molecule has 2 nitrogen and oxygen atoms in total. The van der Waals surface area contributed by atoms with E-state index in [9.17, 15) is 5.26 Å². The summed E-state index contributed by atoms with van der Waals surface area (Å²) >= 11 is 1.83. The fourth-order valence-electron chi connectivity index (χ4n) is 2.98. The fourth-order valence-corrected chi connectivity index (χ4v) is 4.21. The van der Waals surface area contributed by atoms with Gasteiger partial charge in [0.1, 0.15) is 5.54 Å². The Hall–Kier alpha value is -0.980. The van der Waals surface area contributed by atoms with Crippen LogP contribution in [0.4, 0.5) is 0 Å². The van der Waals surface area contributed by atoms with Crippen LogP contribution >= 0.6 is 11.8 Å². The Balaban J connectivity index is 1.70. The van der Waals surface area contributed by atoms with Crippen molar-refractivity contribution in [3.05, 3.63) is 29.3 Å². The lowest BCUT2D eigenvalue weighted by Crippen LogP contribution is -2.46. The van der Waals surface area contributed by atoms with Crippen molar-refractivity contribution < 1.29 is 0 Å². The quantitative estimate of drug-likeness (QED) is 0.836. The molecule has 1 fully saturated rings. The zero-order valence-electron chi connectivity index (χ0n) is 11.4. The lowest BCUT2D eigenvalue weighted by Gasteiger charge is -2.25. The number of nitrogens with zero attached hydrogens (tertiary/aromatic N) is 1. The van der Waals surface area contributed by atoms with Gasteiger partial charge in [-0.25, -0.2) is 0 Å². The third-order valence-corrected chi connectivity index (χ3v) is 5.64. The van der Waals surface area contributed by atoms with Crippen molar-refractivity contribution in [2.24, 2.45) is 5.92 Å². The zero-order chi connectivity index (χ0) is 13.3. The molecule has 0 radical (unpaired) electrons. The maximum absolute atomic E-state index is 9.49. The predicted octanol–water partition coefficient (Wildman–Crippen LogP) is 3.16. The molecule has 0 amide bonds. The van der Waals surface area contributed by atoms with Crippen molar-refractivity contribution in [3.8, 4) is 6.07 Å². The van der Waals surface area contributed by atoms with E-state index < -0.39 is 0 Å². The van der Waals surface area contributed by atoms with Crippen molar-refractivity contribution in [3.63, 3.8) is 0 Å². The summed E-state index contributed by atoms with van der Waals surface area (Å²) in [4.78, 5) is 1.32. The molecule has 3 rings (SSSR count). The molecule has 3 heteroatoms. The number of benzene rings is 1. The zero-order valence-corrected chi connectivity index (χ0v) is 12.2. The van der Waals surface area contributed by atoms with Crippen LogP contribution in [0.5, 0.6) is 0 Å². The molecule has 19 heavy (non-hydrogen) atoms. The van der Waals surface area contributed by atoms with Crippen LogP contribution in [-0.2, 0) is 12.8 Å². The molecule has 2 aliphatic rings. The van der Waals surface area contributed by atoms with Crippen molar-refractivity contribution in [1.82, 2.24) is 5.32 Å². The van der Waals surface area contributed by atoms with Crippen LogP contribution in [0.15, 0.2) is 23.1 Å². The molecule has 2 aliphatic carbocycles. The number of fused-ring (bicyclic) bond motifs is 1. The van der Waals surface area contributed by atoms with E-state index in [1.54, 1.807) is 0 Å². The van der Waals surface area contributed by atoms with Crippen LogP contribution in [0.2, 0.25) is 0 Å². The molecule has 0 aliphatic heterocycles. The van der Waals surface area contributed by atoms with E-state index in [0.29, 0.717) is 5.92 Å². The van der Waals surface area contributed by atoms with Crippen molar-refractivity contribution in [1.29, 1.82) is 5.26 Å². The van der Waals surface area contributed by atoms with Crippen LogP contribution in [0.1, 0.15) is 30.4 Å². The first kappa shape index (κ1) is 13.0. The first-order valence-electron chi connectivity index (χ1n) is 7.12. The van der Waals surface area contributed by atoms with Crippen molar-refractivity contribution in [2.45, 2.75) is 42.5 Å². The molecule has 1 saturated carbocycles. The molecule has 1 atom stereocenters. The summed E-state index contributed by atoms with van der Waals surface area (Å²) in [5.74, 6) is 1.40. The van der Waals surface area contributed by atoms with Crippen LogP contribution in [0.3, 0.4) is 0 Å². The van der Waals surface area contributed by atoms with E-state index in [4.69, 9.17) is 0 Å². The van der Waals surface area contributed by atoms with Gasteiger partial charge in [-0.05, 0) is 68.3 Å². The smallest absolute Gasteiger partial charge is 0.118 e. The lowest BCUT2D eigenvalue weighted by atomic mass is 9.98. The van der Waals surface area contributed by atoms with Gasteiger partial charge in [-0.3, -0.25) is 0 Å². The van der Waals surface area contributed by atoms with Crippen molar-refractivity contribution >= 4 is 11.8 Å². The largest absolute Gasteiger partial charge is 0.302 e. The summed E-state index contributed by atoms with van der Waals surface area (Å²) in [5.41, 5.74) is 2.71. The highest BCUT2D eigenvalue weighted by Gasteiger charge is 2.44. The molecular formula is C16H20N2S. The summed E-state index contributed by atoms with van der Waals surface area (Å²) in [6.07, 6.45) is 6.14. The molecule has 0 spiro atoms. The molecule has 0 aromatic heterocycles. The third-order valence-electron chi connectivity index (χ3n) is 4.46.